The number of aromatic amines is 1. The van der Waals surface area contributed by atoms with E-state index in [4.69, 9.17) is 4.74 Å². The Morgan fingerprint density at radius 2 is 2.14 bits per heavy atom. The third-order valence-electron chi connectivity index (χ3n) is 5.36. The molecule has 0 spiro atoms. The minimum absolute atomic E-state index is 0.192. The van der Waals surface area contributed by atoms with Crippen LogP contribution in [0.15, 0.2) is 48.5 Å². The first-order valence-electron chi connectivity index (χ1n) is 9.86. The number of piperidine rings is 1. The van der Waals surface area contributed by atoms with Gasteiger partial charge in [0.25, 0.3) is 5.91 Å². The molecule has 1 amide bonds. The van der Waals surface area contributed by atoms with Gasteiger partial charge in [0.2, 0.25) is 0 Å². The van der Waals surface area contributed by atoms with Gasteiger partial charge in [0.15, 0.2) is 5.60 Å². The number of ether oxygens (including phenoxy) is 1. The number of imidazole rings is 1. The molecule has 1 aliphatic rings. The van der Waals surface area contributed by atoms with E-state index < -0.39 is 5.60 Å². The van der Waals surface area contributed by atoms with Crippen molar-refractivity contribution in [2.24, 2.45) is 0 Å². The van der Waals surface area contributed by atoms with Crippen LogP contribution in [0.25, 0.3) is 11.0 Å². The van der Waals surface area contributed by atoms with Gasteiger partial charge < -0.3 is 25.0 Å². The zero-order valence-electron chi connectivity index (χ0n) is 16.5. The lowest BCUT2D eigenvalue weighted by molar-refractivity contribution is -0.157. The van der Waals surface area contributed by atoms with Crippen LogP contribution in [0, 0.1) is 0 Å². The van der Waals surface area contributed by atoms with Crippen molar-refractivity contribution in [3.63, 3.8) is 0 Å². The average Bonchev–Trinajstić information content (AvgIpc) is 3.14. The maximum absolute atomic E-state index is 13.0. The largest absolute Gasteiger partial charge is 0.497 e. The number of nitrogens with zero attached hydrogens (tertiary/aromatic N) is 2. The number of amides is 1. The third-order valence-corrected chi connectivity index (χ3v) is 5.36. The lowest BCUT2D eigenvalue weighted by atomic mass is 9.91. The quantitative estimate of drug-likeness (QED) is 0.572. The van der Waals surface area contributed by atoms with E-state index >= 15 is 0 Å². The number of carbonyl (C=O) groups is 1. The van der Waals surface area contributed by atoms with Crippen molar-refractivity contribution in [2.45, 2.75) is 31.5 Å². The molecule has 7 heteroatoms. The van der Waals surface area contributed by atoms with Gasteiger partial charge in [-0.3, -0.25) is 4.79 Å². The monoisotopic (exact) mass is 394 g/mol. The number of likely N-dealkylation sites (tertiary alicyclic amines) is 1. The van der Waals surface area contributed by atoms with Crippen molar-refractivity contribution >= 4 is 16.9 Å². The highest BCUT2D eigenvalue weighted by molar-refractivity contribution is 5.86. The van der Waals surface area contributed by atoms with Crippen LogP contribution in [0.1, 0.15) is 24.2 Å². The highest BCUT2D eigenvalue weighted by Gasteiger charge is 2.41. The number of nitrogens with one attached hydrogen (secondary N) is 2. The van der Waals surface area contributed by atoms with Crippen LogP contribution in [0.5, 0.6) is 5.75 Å². The molecule has 3 aromatic rings. The van der Waals surface area contributed by atoms with Gasteiger partial charge in [-0.25, -0.2) is 4.98 Å². The summed E-state index contributed by atoms with van der Waals surface area (Å²) in [6.07, 6.45) is 1.21. The molecule has 29 heavy (non-hydrogen) atoms. The second kappa shape index (κ2) is 8.23. The summed E-state index contributed by atoms with van der Waals surface area (Å²) in [5.41, 5.74) is 1.46. The predicted molar refractivity (Wildman–Crippen MR) is 110 cm³/mol. The molecule has 152 valence electrons. The van der Waals surface area contributed by atoms with E-state index in [1.807, 2.05) is 48.5 Å². The minimum atomic E-state index is -1.40. The van der Waals surface area contributed by atoms with Crippen LogP contribution in [-0.4, -0.2) is 51.7 Å². The summed E-state index contributed by atoms with van der Waals surface area (Å²) in [7, 11) is 1.62. The molecule has 0 aliphatic carbocycles. The molecular formula is C22H26N4O3. The van der Waals surface area contributed by atoms with Gasteiger partial charge >= 0.3 is 0 Å². The van der Waals surface area contributed by atoms with Crippen molar-refractivity contribution in [1.82, 2.24) is 20.2 Å². The van der Waals surface area contributed by atoms with E-state index in [-0.39, 0.29) is 12.5 Å². The van der Waals surface area contributed by atoms with E-state index in [0.29, 0.717) is 26.1 Å². The van der Waals surface area contributed by atoms with Crippen molar-refractivity contribution < 1.29 is 14.6 Å². The molecule has 1 aliphatic heterocycles. The van der Waals surface area contributed by atoms with Crippen LogP contribution in [0.4, 0.5) is 0 Å². The number of fused-ring (bicyclic) bond motifs is 1. The Morgan fingerprint density at radius 3 is 2.97 bits per heavy atom. The normalized spacial score (nSPS) is 19.7. The number of aliphatic hydroxyl groups is 1. The molecular weight excluding hydrogens is 368 g/mol. The second-order valence-corrected chi connectivity index (χ2v) is 7.52. The van der Waals surface area contributed by atoms with Gasteiger partial charge in [-0.05, 0) is 42.7 Å². The van der Waals surface area contributed by atoms with Crippen molar-refractivity contribution in [3.05, 3.63) is 59.9 Å². The first-order chi connectivity index (χ1) is 14.1. The highest BCUT2D eigenvalue weighted by Crippen LogP contribution is 2.25. The Kier molecular flexibility index (Phi) is 5.51. The fourth-order valence-electron chi connectivity index (χ4n) is 3.85. The molecule has 2 aromatic carbocycles. The standard InChI is InChI=1S/C22H26N4O3/c1-29-17-7-4-6-16(12-17)14-26-11-5-10-22(28,21(26)27)15-23-13-20-24-18-8-2-3-9-19(18)25-20/h2-4,6-9,12,23,28H,5,10-11,13-15H2,1H3,(H,24,25). The van der Waals surface area contributed by atoms with Crippen LogP contribution in [0.2, 0.25) is 0 Å². The minimum Gasteiger partial charge on any atom is -0.497 e. The van der Waals surface area contributed by atoms with Crippen molar-refractivity contribution in [1.29, 1.82) is 0 Å². The number of carbonyl (C=O) groups excluding carboxylic acids is 1. The van der Waals surface area contributed by atoms with Gasteiger partial charge in [-0.1, -0.05) is 24.3 Å². The zero-order valence-corrected chi connectivity index (χ0v) is 16.5. The van der Waals surface area contributed by atoms with Gasteiger partial charge in [0, 0.05) is 19.6 Å². The van der Waals surface area contributed by atoms with Crippen LogP contribution < -0.4 is 10.1 Å². The van der Waals surface area contributed by atoms with E-state index in [9.17, 15) is 9.90 Å². The second-order valence-electron chi connectivity index (χ2n) is 7.52. The fraction of sp³-hybridized carbons (Fsp3) is 0.364. The zero-order chi connectivity index (χ0) is 20.3. The molecule has 3 N–H and O–H groups in total. The smallest absolute Gasteiger partial charge is 0.256 e. The Bertz CT molecular complexity index is 969. The molecule has 1 saturated heterocycles. The molecule has 4 rings (SSSR count). The first-order valence-corrected chi connectivity index (χ1v) is 9.86. The van der Waals surface area contributed by atoms with Gasteiger partial charge in [0.1, 0.15) is 11.6 Å². The van der Waals surface area contributed by atoms with E-state index in [0.717, 1.165) is 34.6 Å². The maximum atomic E-state index is 13.0. The lowest BCUT2D eigenvalue weighted by Gasteiger charge is -2.38. The van der Waals surface area contributed by atoms with E-state index in [1.165, 1.54) is 0 Å². The highest BCUT2D eigenvalue weighted by atomic mass is 16.5. The fourth-order valence-corrected chi connectivity index (χ4v) is 3.85. The maximum Gasteiger partial charge on any atom is 0.256 e. The number of H-pyrrole nitrogens is 1. The molecule has 0 saturated carbocycles. The molecule has 2 heterocycles. The Morgan fingerprint density at radius 1 is 1.28 bits per heavy atom. The molecule has 1 fully saturated rings. The summed E-state index contributed by atoms with van der Waals surface area (Å²) in [6, 6.07) is 15.5. The van der Waals surface area contributed by atoms with Crippen molar-refractivity contribution in [2.75, 3.05) is 20.2 Å². The molecule has 7 nitrogen and oxygen atoms in total. The summed E-state index contributed by atoms with van der Waals surface area (Å²) in [5, 5.41) is 14.2. The van der Waals surface area contributed by atoms with Crippen LogP contribution in [0.3, 0.4) is 0 Å². The third kappa shape index (κ3) is 4.26. The Labute approximate surface area is 169 Å². The molecule has 1 unspecified atom stereocenters. The summed E-state index contributed by atoms with van der Waals surface area (Å²) >= 11 is 0. The van der Waals surface area contributed by atoms with Gasteiger partial charge in [-0.15, -0.1) is 0 Å². The van der Waals surface area contributed by atoms with Crippen LogP contribution >= 0.6 is 0 Å². The number of rotatable bonds is 7. The van der Waals surface area contributed by atoms with E-state index in [1.54, 1.807) is 12.0 Å². The molecule has 1 aromatic heterocycles. The van der Waals surface area contributed by atoms with Crippen LogP contribution in [-0.2, 0) is 17.9 Å². The number of para-hydroxylation sites is 2. The lowest BCUT2D eigenvalue weighted by Crippen LogP contribution is -2.57. The number of methoxy groups -OCH3 is 1. The number of benzene rings is 2. The first kappa shape index (κ1) is 19.4. The number of hydrogen-bond donors (Lipinski definition) is 3. The molecule has 0 radical (unpaired) electrons. The van der Waals surface area contributed by atoms with Crippen molar-refractivity contribution in [3.8, 4) is 5.75 Å². The number of hydrogen-bond acceptors (Lipinski definition) is 5. The number of aromatic nitrogens is 2. The topological polar surface area (TPSA) is 90.5 Å². The van der Waals surface area contributed by atoms with Gasteiger partial charge in [-0.2, -0.15) is 0 Å². The summed E-state index contributed by atoms with van der Waals surface area (Å²) in [4.78, 5) is 22.5. The Hall–Kier alpha value is -2.90. The SMILES string of the molecule is COc1cccc(CN2CCCC(O)(CNCc3nc4ccccc4[nH]3)C2=O)c1. The summed E-state index contributed by atoms with van der Waals surface area (Å²) in [5.74, 6) is 1.31. The predicted octanol–water partition coefficient (Wildman–Crippen LogP) is 2.21. The molecule has 1 atom stereocenters. The van der Waals surface area contributed by atoms with Gasteiger partial charge in [0.05, 0.1) is 24.7 Å². The summed E-state index contributed by atoms with van der Waals surface area (Å²) < 4.78 is 5.26. The molecule has 0 bridgehead atoms. The summed E-state index contributed by atoms with van der Waals surface area (Å²) in [6.45, 7) is 1.75. The Balaban J connectivity index is 1.37. The van der Waals surface area contributed by atoms with E-state index in [2.05, 4.69) is 15.3 Å². The average molecular weight is 394 g/mol.